The first-order chi connectivity index (χ1) is 18.6. The topological polar surface area (TPSA) is 130 Å². The first-order valence-corrected chi connectivity index (χ1v) is 13.0. The number of nitrogens with zero attached hydrogens (tertiary/aromatic N) is 8. The van der Waals surface area contributed by atoms with E-state index in [1.165, 1.54) is 16.0 Å². The molecule has 1 N–H and O–H groups in total. The van der Waals surface area contributed by atoms with E-state index in [1.54, 1.807) is 41.3 Å². The highest BCUT2D eigenvalue weighted by molar-refractivity contribution is 6.33. The van der Waals surface area contributed by atoms with Gasteiger partial charge in [-0.1, -0.05) is 37.6 Å². The summed E-state index contributed by atoms with van der Waals surface area (Å²) in [7, 11) is 0. The van der Waals surface area contributed by atoms with Crippen molar-refractivity contribution >= 4 is 40.6 Å². The highest BCUT2D eigenvalue weighted by Gasteiger charge is 2.46. The van der Waals surface area contributed by atoms with E-state index in [-0.39, 0.29) is 16.5 Å². The van der Waals surface area contributed by atoms with E-state index >= 15 is 0 Å². The molecule has 4 aromatic heterocycles. The molecular weight excluding hydrogens is 520 g/mol. The molecule has 11 nitrogen and oxygen atoms in total. The van der Waals surface area contributed by atoms with Crippen LogP contribution in [0.4, 0.5) is 10.6 Å². The zero-order valence-electron chi connectivity index (χ0n) is 22.1. The Balaban J connectivity index is 1.56. The van der Waals surface area contributed by atoms with Crippen molar-refractivity contribution in [1.82, 2.24) is 34.8 Å². The third-order valence-electron chi connectivity index (χ3n) is 6.89. The van der Waals surface area contributed by atoms with Crippen LogP contribution in [0, 0.1) is 12.3 Å². The number of hydrogen-bond acceptors (Lipinski definition) is 7. The number of aromatic nitrogens is 6. The number of piperidine rings is 1. The number of likely N-dealkylation sites (tertiary alicyclic amines) is 1. The molecule has 0 aromatic carbocycles. The lowest BCUT2D eigenvalue weighted by atomic mass is 9.77. The molecule has 0 spiro atoms. The van der Waals surface area contributed by atoms with Crippen LogP contribution in [-0.4, -0.2) is 70.6 Å². The van der Waals surface area contributed by atoms with Gasteiger partial charge in [0.25, 0.3) is 5.91 Å². The molecule has 4 aromatic rings. The summed E-state index contributed by atoms with van der Waals surface area (Å²) in [4.78, 5) is 42.6. The summed E-state index contributed by atoms with van der Waals surface area (Å²) in [6, 6.07) is 7.55. The van der Waals surface area contributed by atoms with Gasteiger partial charge in [-0.25, -0.2) is 19.7 Å². The number of amides is 2. The first-order valence-electron chi connectivity index (χ1n) is 12.6. The predicted molar refractivity (Wildman–Crippen MR) is 146 cm³/mol. The average molecular weight is 549 g/mol. The maximum Gasteiger partial charge on any atom is 0.407 e. The summed E-state index contributed by atoms with van der Waals surface area (Å²) in [5.74, 6) is -0.158. The van der Waals surface area contributed by atoms with Crippen molar-refractivity contribution in [2.45, 2.75) is 52.6 Å². The van der Waals surface area contributed by atoms with Crippen LogP contribution in [0.2, 0.25) is 5.02 Å². The smallest absolute Gasteiger partial charge is 0.407 e. The summed E-state index contributed by atoms with van der Waals surface area (Å²) < 4.78 is 1.56. The minimum absolute atomic E-state index is 0.161. The number of aryl methyl sites for hydroxylation is 1. The van der Waals surface area contributed by atoms with Crippen LogP contribution in [0.15, 0.2) is 48.9 Å². The Kier molecular flexibility index (Phi) is 6.94. The molecular formula is C27H29ClN8O3. The van der Waals surface area contributed by atoms with Crippen LogP contribution in [-0.2, 0) is 0 Å². The number of rotatable bonds is 4. The van der Waals surface area contributed by atoms with Gasteiger partial charge in [-0.2, -0.15) is 4.68 Å². The van der Waals surface area contributed by atoms with Gasteiger partial charge in [0.15, 0.2) is 11.5 Å². The average Bonchev–Trinajstić information content (AvgIpc) is 3.32. The molecule has 5 rings (SSSR count). The highest BCUT2D eigenvalue weighted by atomic mass is 35.5. The van der Waals surface area contributed by atoms with Gasteiger partial charge in [-0.15, -0.1) is 5.10 Å². The van der Waals surface area contributed by atoms with E-state index in [9.17, 15) is 14.7 Å². The van der Waals surface area contributed by atoms with Crippen molar-refractivity contribution in [2.24, 2.45) is 5.41 Å². The van der Waals surface area contributed by atoms with Crippen LogP contribution < -0.4 is 4.90 Å². The van der Waals surface area contributed by atoms with Crippen molar-refractivity contribution in [2.75, 3.05) is 11.4 Å². The van der Waals surface area contributed by atoms with Gasteiger partial charge in [0.2, 0.25) is 0 Å². The molecule has 1 aliphatic rings. The molecule has 5 heterocycles. The van der Waals surface area contributed by atoms with E-state index in [1.807, 2.05) is 33.8 Å². The summed E-state index contributed by atoms with van der Waals surface area (Å²) in [5, 5.41) is 18.7. The van der Waals surface area contributed by atoms with Gasteiger partial charge in [0.1, 0.15) is 11.2 Å². The maximum atomic E-state index is 14.1. The van der Waals surface area contributed by atoms with Gasteiger partial charge in [-0.05, 0) is 61.1 Å². The molecule has 0 bridgehead atoms. The van der Waals surface area contributed by atoms with E-state index < -0.39 is 29.5 Å². The van der Waals surface area contributed by atoms with Gasteiger partial charge in [-0.3, -0.25) is 9.69 Å². The molecule has 2 atom stereocenters. The van der Waals surface area contributed by atoms with E-state index in [0.717, 1.165) is 5.56 Å². The van der Waals surface area contributed by atoms with E-state index in [0.29, 0.717) is 36.2 Å². The molecule has 0 saturated carbocycles. The molecule has 202 valence electrons. The second-order valence-corrected chi connectivity index (χ2v) is 11.1. The fraction of sp³-hybridized carbons (Fsp3) is 0.370. The van der Waals surface area contributed by atoms with Gasteiger partial charge in [0, 0.05) is 18.9 Å². The number of halogens is 1. The van der Waals surface area contributed by atoms with Crippen LogP contribution in [0.3, 0.4) is 0 Å². The van der Waals surface area contributed by atoms with Crippen molar-refractivity contribution in [1.29, 1.82) is 0 Å². The van der Waals surface area contributed by atoms with Crippen LogP contribution >= 0.6 is 11.6 Å². The summed E-state index contributed by atoms with van der Waals surface area (Å²) >= 11 is 6.56. The fourth-order valence-corrected chi connectivity index (χ4v) is 5.53. The fourth-order valence-electron chi connectivity index (χ4n) is 5.32. The first kappa shape index (κ1) is 26.5. The molecule has 39 heavy (non-hydrogen) atoms. The van der Waals surface area contributed by atoms with Crippen molar-refractivity contribution in [3.63, 3.8) is 0 Å². The summed E-state index contributed by atoms with van der Waals surface area (Å²) in [5.41, 5.74) is 2.48. The summed E-state index contributed by atoms with van der Waals surface area (Å²) in [6.45, 7) is 8.23. The minimum atomic E-state index is -1.02. The molecule has 1 saturated heterocycles. The number of pyridine rings is 3. The lowest BCUT2D eigenvalue weighted by molar-refractivity contribution is 0.0431. The molecule has 1 unspecified atom stereocenters. The van der Waals surface area contributed by atoms with Gasteiger partial charge >= 0.3 is 6.09 Å². The quantitative estimate of drug-likeness (QED) is 0.386. The number of carbonyl (C=O) groups excluding carboxylic acids is 1. The zero-order chi connectivity index (χ0) is 27.9. The maximum absolute atomic E-state index is 14.1. The Morgan fingerprint density at radius 3 is 2.59 bits per heavy atom. The standard InChI is InChI=1S/C27H29ClN8O3/c1-16-13-20-24(31-14-16)36(33-32-20)17-9-10-19(30-15-17)25(37)35(23-18(28)7-5-11-29-23)21-8-6-12-34(26(38)39)22(21)27(2,3)4/h5,7,9-11,13-15,21-22H,6,8,12H2,1-4H3,(H,38,39)/t21-,22?/m1/s1. The lowest BCUT2D eigenvalue weighted by Gasteiger charge is -2.50. The second-order valence-electron chi connectivity index (χ2n) is 10.7. The Bertz CT molecular complexity index is 1530. The van der Waals surface area contributed by atoms with Crippen molar-refractivity contribution < 1.29 is 14.7 Å². The second kappa shape index (κ2) is 10.2. The van der Waals surface area contributed by atoms with E-state index in [4.69, 9.17) is 11.6 Å². The van der Waals surface area contributed by atoms with Crippen molar-refractivity contribution in [3.8, 4) is 5.69 Å². The molecule has 0 aliphatic carbocycles. The largest absolute Gasteiger partial charge is 0.465 e. The van der Waals surface area contributed by atoms with Crippen LogP contribution in [0.25, 0.3) is 16.9 Å². The molecule has 1 fully saturated rings. The Labute approximate surface area is 230 Å². The molecule has 1 aliphatic heterocycles. The van der Waals surface area contributed by atoms with Crippen molar-refractivity contribution in [3.05, 3.63) is 65.2 Å². The number of hydrogen-bond donors (Lipinski definition) is 1. The zero-order valence-corrected chi connectivity index (χ0v) is 22.9. The predicted octanol–water partition coefficient (Wildman–Crippen LogP) is 4.77. The Morgan fingerprint density at radius 2 is 1.92 bits per heavy atom. The number of carboxylic acid groups (broad SMARTS) is 1. The van der Waals surface area contributed by atoms with Crippen LogP contribution in [0.1, 0.15) is 49.7 Å². The molecule has 12 heteroatoms. The lowest BCUT2D eigenvalue weighted by Crippen LogP contribution is -2.63. The van der Waals surface area contributed by atoms with E-state index in [2.05, 4.69) is 25.3 Å². The SMILES string of the molecule is Cc1cnc2c(c1)nnn2-c1ccc(C(=O)N(c2ncccc2Cl)[C@@H]2CCCN(C(=O)O)C2C(C)(C)C)nc1. The third-order valence-corrected chi connectivity index (χ3v) is 7.18. The normalized spacial score (nSPS) is 17.8. The third kappa shape index (κ3) is 5.01. The van der Waals surface area contributed by atoms with Crippen LogP contribution in [0.5, 0.6) is 0 Å². The number of fused-ring (bicyclic) bond motifs is 1. The summed E-state index contributed by atoms with van der Waals surface area (Å²) in [6.07, 6.45) is 4.98. The molecule has 2 amide bonds. The monoisotopic (exact) mass is 548 g/mol. The van der Waals surface area contributed by atoms with Gasteiger partial charge < -0.3 is 10.0 Å². The molecule has 0 radical (unpaired) electrons. The minimum Gasteiger partial charge on any atom is -0.465 e. The Morgan fingerprint density at radius 1 is 1.13 bits per heavy atom. The highest BCUT2D eigenvalue weighted by Crippen LogP contribution is 2.38. The van der Waals surface area contributed by atoms with Gasteiger partial charge in [0.05, 0.1) is 29.0 Å². The number of anilines is 1. The number of carbonyl (C=O) groups is 2. The Hall–Kier alpha value is -4.12.